The molecule has 6 nitrogen and oxygen atoms in total. The number of carbonyl (C=O) groups is 3. The van der Waals surface area contributed by atoms with E-state index in [0.717, 1.165) is 5.56 Å². The zero-order valence-corrected chi connectivity index (χ0v) is 17.5. The van der Waals surface area contributed by atoms with E-state index in [1.807, 2.05) is 13.0 Å². The summed E-state index contributed by atoms with van der Waals surface area (Å²) in [7, 11) is 0. The summed E-state index contributed by atoms with van der Waals surface area (Å²) in [5.41, 5.74) is 2.97. The van der Waals surface area contributed by atoms with Crippen LogP contribution in [-0.2, 0) is 9.59 Å². The Morgan fingerprint density at radius 1 is 1.03 bits per heavy atom. The van der Waals surface area contributed by atoms with Crippen LogP contribution in [0.4, 0.5) is 17.1 Å². The van der Waals surface area contributed by atoms with E-state index in [-0.39, 0.29) is 12.3 Å². The van der Waals surface area contributed by atoms with Gasteiger partial charge in [0.15, 0.2) is 0 Å². The highest BCUT2D eigenvalue weighted by Crippen LogP contribution is 2.34. The van der Waals surface area contributed by atoms with Gasteiger partial charge in [0.2, 0.25) is 11.8 Å². The normalized spacial score (nSPS) is 15.1. The van der Waals surface area contributed by atoms with Gasteiger partial charge in [-0.15, -0.1) is 0 Å². The summed E-state index contributed by atoms with van der Waals surface area (Å²) in [4.78, 5) is 40.5. The van der Waals surface area contributed by atoms with Gasteiger partial charge in [0.25, 0.3) is 5.91 Å². The Morgan fingerprint density at radius 3 is 2.58 bits per heavy atom. The van der Waals surface area contributed by atoms with E-state index in [0.29, 0.717) is 27.6 Å². The van der Waals surface area contributed by atoms with Crippen LogP contribution in [-0.4, -0.2) is 23.8 Å². The fourth-order valence-electron chi connectivity index (χ4n) is 3.60. The maximum Gasteiger partial charge on any atom is 0.259 e. The molecule has 3 aromatic rings. The lowest BCUT2D eigenvalue weighted by Gasteiger charge is -2.36. The minimum atomic E-state index is -0.998. The van der Waals surface area contributed by atoms with Crippen LogP contribution < -0.4 is 15.5 Å². The van der Waals surface area contributed by atoms with Crippen LogP contribution in [0, 0.1) is 6.92 Å². The number of rotatable bonds is 4. The Labute approximate surface area is 184 Å². The maximum atomic E-state index is 13.5. The molecule has 31 heavy (non-hydrogen) atoms. The second-order valence-electron chi connectivity index (χ2n) is 7.33. The lowest BCUT2D eigenvalue weighted by atomic mass is 10.0. The molecule has 1 unspecified atom stereocenters. The minimum absolute atomic E-state index is 0.204. The standard InChI is InChI=1S/C24H20ClN3O3/c1-15-6-4-7-16(12-15)24(31)28-20-11-3-2-10-19(20)27-23(30)21(28)14-22(29)26-18-9-5-8-17(25)13-18/h2-13,21H,14H2,1H3,(H,26,29)(H,27,30). The largest absolute Gasteiger partial charge is 0.326 e. The van der Waals surface area contributed by atoms with Gasteiger partial charge in [-0.3, -0.25) is 19.3 Å². The van der Waals surface area contributed by atoms with Gasteiger partial charge in [0.1, 0.15) is 6.04 Å². The Morgan fingerprint density at radius 2 is 1.81 bits per heavy atom. The summed E-state index contributed by atoms with van der Waals surface area (Å²) >= 11 is 5.98. The number of anilines is 3. The second-order valence-corrected chi connectivity index (χ2v) is 7.77. The summed E-state index contributed by atoms with van der Waals surface area (Å²) in [5.74, 6) is -1.16. The summed E-state index contributed by atoms with van der Waals surface area (Å²) < 4.78 is 0. The van der Waals surface area contributed by atoms with E-state index in [1.54, 1.807) is 66.7 Å². The molecule has 0 saturated carbocycles. The molecule has 7 heteroatoms. The molecule has 0 spiro atoms. The monoisotopic (exact) mass is 433 g/mol. The average molecular weight is 434 g/mol. The van der Waals surface area contributed by atoms with Crippen molar-refractivity contribution in [2.24, 2.45) is 0 Å². The molecule has 0 saturated heterocycles. The van der Waals surface area contributed by atoms with Crippen molar-refractivity contribution in [2.45, 2.75) is 19.4 Å². The van der Waals surface area contributed by atoms with Crippen molar-refractivity contribution in [3.05, 3.63) is 88.9 Å². The first-order valence-electron chi connectivity index (χ1n) is 9.78. The molecule has 156 valence electrons. The summed E-state index contributed by atoms with van der Waals surface area (Å²) in [6.45, 7) is 1.89. The lowest BCUT2D eigenvalue weighted by Crippen LogP contribution is -2.52. The summed E-state index contributed by atoms with van der Waals surface area (Å²) in [6.07, 6.45) is -0.204. The van der Waals surface area contributed by atoms with E-state index < -0.39 is 17.9 Å². The van der Waals surface area contributed by atoms with Crippen molar-refractivity contribution < 1.29 is 14.4 Å². The Hall–Kier alpha value is -3.64. The van der Waals surface area contributed by atoms with E-state index in [4.69, 9.17) is 11.6 Å². The maximum absolute atomic E-state index is 13.5. The number of fused-ring (bicyclic) bond motifs is 1. The molecule has 1 heterocycles. The molecule has 0 bridgehead atoms. The number of nitrogens with one attached hydrogen (secondary N) is 2. The molecule has 3 amide bonds. The number of benzene rings is 3. The number of nitrogens with zero attached hydrogens (tertiary/aromatic N) is 1. The SMILES string of the molecule is Cc1cccc(C(=O)N2c3ccccc3NC(=O)C2CC(=O)Nc2cccc(Cl)c2)c1. The molecule has 1 atom stereocenters. The molecular formula is C24H20ClN3O3. The number of hydrogen-bond donors (Lipinski definition) is 2. The van der Waals surface area contributed by atoms with Crippen LogP contribution in [0.25, 0.3) is 0 Å². The first-order chi connectivity index (χ1) is 14.9. The Kier molecular flexibility index (Phi) is 5.73. The van der Waals surface area contributed by atoms with E-state index >= 15 is 0 Å². The predicted molar refractivity (Wildman–Crippen MR) is 122 cm³/mol. The van der Waals surface area contributed by atoms with E-state index in [1.165, 1.54) is 4.90 Å². The highest BCUT2D eigenvalue weighted by molar-refractivity contribution is 6.31. The molecule has 3 aromatic carbocycles. The average Bonchev–Trinajstić information content (AvgIpc) is 2.74. The first kappa shape index (κ1) is 20.6. The molecular weight excluding hydrogens is 414 g/mol. The van der Waals surface area contributed by atoms with Gasteiger partial charge in [0, 0.05) is 16.3 Å². The van der Waals surface area contributed by atoms with Gasteiger partial charge in [0.05, 0.1) is 17.8 Å². The minimum Gasteiger partial charge on any atom is -0.326 e. The van der Waals surface area contributed by atoms with Crippen LogP contribution in [0.1, 0.15) is 22.3 Å². The first-order valence-corrected chi connectivity index (χ1v) is 10.2. The van der Waals surface area contributed by atoms with Gasteiger partial charge in [-0.25, -0.2) is 0 Å². The van der Waals surface area contributed by atoms with Crippen LogP contribution in [0.5, 0.6) is 0 Å². The number of aryl methyl sites for hydroxylation is 1. The highest BCUT2D eigenvalue weighted by Gasteiger charge is 2.38. The summed E-state index contributed by atoms with van der Waals surface area (Å²) in [5, 5.41) is 6.03. The van der Waals surface area contributed by atoms with Crippen LogP contribution in [0.15, 0.2) is 72.8 Å². The molecule has 0 aromatic heterocycles. The topological polar surface area (TPSA) is 78.5 Å². The highest BCUT2D eigenvalue weighted by atomic mass is 35.5. The quantitative estimate of drug-likeness (QED) is 0.628. The van der Waals surface area contributed by atoms with Crippen molar-refractivity contribution >= 4 is 46.4 Å². The second kappa shape index (κ2) is 8.62. The van der Waals surface area contributed by atoms with Crippen molar-refractivity contribution in [1.82, 2.24) is 0 Å². The molecule has 0 fully saturated rings. The molecule has 0 radical (unpaired) electrons. The van der Waals surface area contributed by atoms with Gasteiger partial charge in [-0.1, -0.05) is 47.5 Å². The predicted octanol–water partition coefficient (Wildman–Crippen LogP) is 4.64. The molecule has 1 aliphatic rings. The number of halogens is 1. The van der Waals surface area contributed by atoms with Crippen molar-refractivity contribution in [2.75, 3.05) is 15.5 Å². The molecule has 4 rings (SSSR count). The van der Waals surface area contributed by atoms with Gasteiger partial charge < -0.3 is 10.6 Å². The Balaban J connectivity index is 1.66. The number of amides is 3. The third-order valence-electron chi connectivity index (χ3n) is 5.01. The van der Waals surface area contributed by atoms with Gasteiger partial charge in [-0.05, 0) is 49.4 Å². The zero-order chi connectivity index (χ0) is 22.0. The van der Waals surface area contributed by atoms with Crippen molar-refractivity contribution in [3.63, 3.8) is 0 Å². The van der Waals surface area contributed by atoms with Crippen LogP contribution >= 0.6 is 11.6 Å². The van der Waals surface area contributed by atoms with Gasteiger partial charge in [-0.2, -0.15) is 0 Å². The third kappa shape index (κ3) is 4.44. The van der Waals surface area contributed by atoms with Crippen molar-refractivity contribution in [3.8, 4) is 0 Å². The summed E-state index contributed by atoms with van der Waals surface area (Å²) in [6, 6.07) is 19.9. The smallest absolute Gasteiger partial charge is 0.259 e. The fraction of sp³-hybridized carbons (Fsp3) is 0.125. The number of para-hydroxylation sites is 2. The van der Waals surface area contributed by atoms with Crippen LogP contribution in [0.3, 0.4) is 0 Å². The number of carbonyl (C=O) groups excluding carboxylic acids is 3. The zero-order valence-electron chi connectivity index (χ0n) is 16.8. The molecule has 2 N–H and O–H groups in total. The van der Waals surface area contributed by atoms with Crippen LogP contribution in [0.2, 0.25) is 5.02 Å². The third-order valence-corrected chi connectivity index (χ3v) is 5.24. The molecule has 1 aliphatic heterocycles. The number of hydrogen-bond acceptors (Lipinski definition) is 3. The lowest BCUT2D eigenvalue weighted by molar-refractivity contribution is -0.122. The fourth-order valence-corrected chi connectivity index (χ4v) is 3.79. The van der Waals surface area contributed by atoms with Crippen molar-refractivity contribution in [1.29, 1.82) is 0 Å². The molecule has 0 aliphatic carbocycles. The van der Waals surface area contributed by atoms with E-state index in [9.17, 15) is 14.4 Å². The van der Waals surface area contributed by atoms with E-state index in [2.05, 4.69) is 10.6 Å². The van der Waals surface area contributed by atoms with Gasteiger partial charge >= 0.3 is 0 Å². The Bertz CT molecular complexity index is 1180.